The Morgan fingerprint density at radius 1 is 0.721 bits per heavy atom. The molecule has 1 heterocycles. The Labute approximate surface area is 262 Å². The zero-order chi connectivity index (χ0) is 32.0. The molecular formula is C40H56O3. The van der Waals surface area contributed by atoms with Gasteiger partial charge in [0.25, 0.3) is 0 Å². The van der Waals surface area contributed by atoms with Crippen LogP contribution in [-0.4, -0.2) is 34.1 Å². The quantitative estimate of drug-likeness (QED) is 0.209. The highest BCUT2D eigenvalue weighted by Crippen LogP contribution is 2.52. The van der Waals surface area contributed by atoms with Crippen molar-refractivity contribution in [3.05, 3.63) is 118 Å². The molecule has 4 unspecified atom stereocenters. The molecule has 234 valence electrons. The molecule has 2 aliphatic carbocycles. The fourth-order valence-electron chi connectivity index (χ4n) is 7.02. The number of hydrogen-bond donors (Lipinski definition) is 2. The van der Waals surface area contributed by atoms with Gasteiger partial charge in [-0.15, -0.1) is 0 Å². The van der Waals surface area contributed by atoms with Crippen molar-refractivity contribution in [1.82, 2.24) is 0 Å². The predicted molar refractivity (Wildman–Crippen MR) is 184 cm³/mol. The van der Waals surface area contributed by atoms with Crippen LogP contribution in [0.25, 0.3) is 0 Å². The SMILES string of the molecule is CC1=C(/C=C/C(C)=C/C=C/C(C)=C/C=C/C=C(C)/C=C/C=C(\C)C2C=C3C(C)(C)CC(O)CC3(C)O2)C(C)(C)CC(O)C1. The third kappa shape index (κ3) is 9.63. The van der Waals surface area contributed by atoms with Gasteiger partial charge < -0.3 is 14.9 Å². The first kappa shape index (κ1) is 34.8. The summed E-state index contributed by atoms with van der Waals surface area (Å²) in [6.45, 7) is 21.6. The first-order chi connectivity index (χ1) is 20.0. The molecule has 0 aromatic heterocycles. The third-order valence-electron chi connectivity index (χ3n) is 9.08. The van der Waals surface area contributed by atoms with E-state index in [1.807, 2.05) is 0 Å². The van der Waals surface area contributed by atoms with Crippen LogP contribution in [0.5, 0.6) is 0 Å². The van der Waals surface area contributed by atoms with Gasteiger partial charge >= 0.3 is 0 Å². The number of fused-ring (bicyclic) bond motifs is 1. The Morgan fingerprint density at radius 3 is 1.86 bits per heavy atom. The molecule has 1 aliphatic heterocycles. The Hall–Kier alpha value is -2.72. The Kier molecular flexibility index (Phi) is 11.6. The standard InChI is InChI=1S/C40H56O3/c1-28(17-13-18-30(3)21-22-35-32(5)23-33(41)25-38(35,6)7)15-11-12-16-29(2)19-14-20-31(4)36-24-37-39(8,9)26-34(42)27-40(37,10)43-36/h11-22,24,33-34,36,41-42H,23,25-27H2,1-10H3/b12-11+,17-13+,19-14+,22-21+,28-15+,29-16+,30-18+,31-20+. The molecule has 3 nitrogen and oxygen atoms in total. The van der Waals surface area contributed by atoms with Crippen LogP contribution in [0.4, 0.5) is 0 Å². The first-order valence-corrected chi connectivity index (χ1v) is 15.9. The highest BCUT2D eigenvalue weighted by atomic mass is 16.5. The Morgan fingerprint density at radius 2 is 1.26 bits per heavy atom. The summed E-state index contributed by atoms with van der Waals surface area (Å²) in [5.41, 5.74) is 8.25. The maximum absolute atomic E-state index is 10.4. The van der Waals surface area contributed by atoms with Crippen LogP contribution in [0.15, 0.2) is 118 Å². The van der Waals surface area contributed by atoms with Crippen LogP contribution < -0.4 is 0 Å². The second-order valence-electron chi connectivity index (χ2n) is 14.5. The highest BCUT2D eigenvalue weighted by Gasteiger charge is 2.50. The van der Waals surface area contributed by atoms with Gasteiger partial charge in [-0.25, -0.2) is 0 Å². The van der Waals surface area contributed by atoms with E-state index >= 15 is 0 Å². The summed E-state index contributed by atoms with van der Waals surface area (Å²) in [5, 5.41) is 20.5. The van der Waals surface area contributed by atoms with Crippen molar-refractivity contribution in [2.24, 2.45) is 10.8 Å². The van der Waals surface area contributed by atoms with Crippen LogP contribution in [0.1, 0.15) is 94.9 Å². The lowest BCUT2D eigenvalue weighted by atomic mass is 9.65. The zero-order valence-corrected chi connectivity index (χ0v) is 28.4. The van der Waals surface area contributed by atoms with Crippen molar-refractivity contribution in [1.29, 1.82) is 0 Å². The smallest absolute Gasteiger partial charge is 0.0982 e. The van der Waals surface area contributed by atoms with Crippen LogP contribution in [0, 0.1) is 10.8 Å². The molecule has 3 rings (SSSR count). The number of allylic oxidation sites excluding steroid dienone is 16. The predicted octanol–water partition coefficient (Wildman–Crippen LogP) is 9.76. The van der Waals surface area contributed by atoms with Gasteiger partial charge in [0.15, 0.2) is 0 Å². The van der Waals surface area contributed by atoms with E-state index in [0.29, 0.717) is 6.42 Å². The number of aliphatic hydroxyl groups is 2. The average molecular weight is 585 g/mol. The number of rotatable bonds is 9. The molecular weight excluding hydrogens is 528 g/mol. The molecule has 0 aromatic carbocycles. The number of ether oxygens (including phenoxy) is 1. The van der Waals surface area contributed by atoms with Gasteiger partial charge in [0.1, 0.15) is 0 Å². The van der Waals surface area contributed by atoms with E-state index in [1.165, 1.54) is 39.0 Å². The van der Waals surface area contributed by atoms with Gasteiger partial charge in [0.2, 0.25) is 0 Å². The summed E-state index contributed by atoms with van der Waals surface area (Å²) in [4.78, 5) is 0. The minimum Gasteiger partial charge on any atom is -0.393 e. The van der Waals surface area contributed by atoms with E-state index in [1.54, 1.807) is 0 Å². The fourth-order valence-corrected chi connectivity index (χ4v) is 7.02. The van der Waals surface area contributed by atoms with E-state index in [2.05, 4.69) is 148 Å². The van der Waals surface area contributed by atoms with Crippen LogP contribution in [-0.2, 0) is 4.74 Å². The van der Waals surface area contributed by atoms with Crippen molar-refractivity contribution in [2.45, 2.75) is 119 Å². The lowest BCUT2D eigenvalue weighted by Crippen LogP contribution is -2.45. The van der Waals surface area contributed by atoms with Gasteiger partial charge in [-0.2, -0.15) is 0 Å². The van der Waals surface area contributed by atoms with Gasteiger partial charge in [-0.1, -0.05) is 123 Å². The molecule has 3 heteroatoms. The molecule has 0 amide bonds. The average Bonchev–Trinajstić information content (AvgIpc) is 3.23. The van der Waals surface area contributed by atoms with Crippen LogP contribution in [0.3, 0.4) is 0 Å². The molecule has 1 fully saturated rings. The van der Waals surface area contributed by atoms with Crippen molar-refractivity contribution in [3.63, 3.8) is 0 Å². The van der Waals surface area contributed by atoms with E-state index < -0.39 is 0 Å². The normalized spacial score (nSPS) is 30.8. The molecule has 4 atom stereocenters. The monoisotopic (exact) mass is 584 g/mol. The molecule has 0 aromatic rings. The molecule has 3 aliphatic rings. The van der Waals surface area contributed by atoms with Crippen molar-refractivity contribution < 1.29 is 14.9 Å². The van der Waals surface area contributed by atoms with Crippen molar-refractivity contribution >= 4 is 0 Å². The van der Waals surface area contributed by atoms with E-state index in [0.717, 1.165) is 19.3 Å². The molecule has 43 heavy (non-hydrogen) atoms. The van der Waals surface area contributed by atoms with Crippen LogP contribution in [0.2, 0.25) is 0 Å². The van der Waals surface area contributed by atoms with E-state index in [4.69, 9.17) is 4.74 Å². The van der Waals surface area contributed by atoms with Crippen molar-refractivity contribution in [3.8, 4) is 0 Å². The summed E-state index contributed by atoms with van der Waals surface area (Å²) < 4.78 is 6.46. The number of hydrogen-bond acceptors (Lipinski definition) is 3. The summed E-state index contributed by atoms with van der Waals surface area (Å²) in [5.74, 6) is 0. The lowest BCUT2D eigenvalue weighted by molar-refractivity contribution is -0.0683. The molecule has 0 bridgehead atoms. The van der Waals surface area contributed by atoms with Crippen LogP contribution >= 0.6 is 0 Å². The van der Waals surface area contributed by atoms with Gasteiger partial charge in [0.05, 0.1) is 23.9 Å². The maximum Gasteiger partial charge on any atom is 0.0982 e. The minimum absolute atomic E-state index is 0.00171. The third-order valence-corrected chi connectivity index (χ3v) is 9.08. The largest absolute Gasteiger partial charge is 0.393 e. The van der Waals surface area contributed by atoms with Gasteiger partial charge in [-0.05, 0) is 94.4 Å². The maximum atomic E-state index is 10.4. The molecule has 1 saturated carbocycles. The van der Waals surface area contributed by atoms with Gasteiger partial charge in [-0.3, -0.25) is 0 Å². The minimum atomic E-state index is -0.381. The number of aliphatic hydroxyl groups excluding tert-OH is 2. The highest BCUT2D eigenvalue weighted by molar-refractivity contribution is 5.39. The summed E-state index contributed by atoms with van der Waals surface area (Å²) in [6, 6.07) is 0. The first-order valence-electron chi connectivity index (χ1n) is 15.9. The summed E-state index contributed by atoms with van der Waals surface area (Å²) in [6.07, 6.45) is 30.2. The molecule has 0 spiro atoms. The van der Waals surface area contributed by atoms with E-state index in [9.17, 15) is 10.2 Å². The molecule has 0 saturated heterocycles. The second-order valence-corrected chi connectivity index (χ2v) is 14.5. The lowest BCUT2D eigenvalue weighted by Gasteiger charge is -2.44. The fraction of sp³-hybridized carbons (Fsp3) is 0.500. The second kappa shape index (κ2) is 14.4. The van der Waals surface area contributed by atoms with E-state index in [-0.39, 0.29) is 34.7 Å². The van der Waals surface area contributed by atoms with Crippen molar-refractivity contribution in [2.75, 3.05) is 0 Å². The Bertz CT molecular complexity index is 1330. The topological polar surface area (TPSA) is 49.7 Å². The Balaban J connectivity index is 1.52. The molecule has 0 radical (unpaired) electrons. The van der Waals surface area contributed by atoms with Gasteiger partial charge in [0, 0.05) is 6.42 Å². The summed E-state index contributed by atoms with van der Waals surface area (Å²) >= 11 is 0. The zero-order valence-electron chi connectivity index (χ0n) is 28.4. The summed E-state index contributed by atoms with van der Waals surface area (Å²) in [7, 11) is 0. The molecule has 2 N–H and O–H groups in total.